The predicted molar refractivity (Wildman–Crippen MR) is 83.7 cm³/mol. The highest BCUT2D eigenvalue weighted by atomic mass is 16.3. The fourth-order valence-electron chi connectivity index (χ4n) is 6.76. The van der Waals surface area contributed by atoms with Crippen LogP contribution in [0.1, 0.15) is 65.2 Å². The number of allylic oxidation sites excluding steroid dienone is 1. The van der Waals surface area contributed by atoms with Crippen molar-refractivity contribution in [1.29, 1.82) is 0 Å². The average molecular weight is 290 g/mol. The number of fused-ring (bicyclic) bond motifs is 5. The summed E-state index contributed by atoms with van der Waals surface area (Å²) in [6, 6.07) is 0. The summed E-state index contributed by atoms with van der Waals surface area (Å²) in [5.74, 6) is 1.53. The third-order valence-electron chi connectivity index (χ3n) is 7.89. The highest BCUT2D eigenvalue weighted by Crippen LogP contribution is 2.65. The van der Waals surface area contributed by atoms with Crippen LogP contribution in [-0.4, -0.2) is 22.4 Å². The van der Waals surface area contributed by atoms with Gasteiger partial charge < -0.3 is 10.2 Å². The van der Waals surface area contributed by atoms with Gasteiger partial charge in [-0.25, -0.2) is 0 Å². The van der Waals surface area contributed by atoms with E-state index in [1.807, 2.05) is 0 Å². The molecule has 0 heterocycles. The Morgan fingerprint density at radius 1 is 1.00 bits per heavy atom. The maximum atomic E-state index is 10.9. The van der Waals surface area contributed by atoms with Crippen molar-refractivity contribution in [2.75, 3.05) is 0 Å². The molecule has 0 saturated heterocycles. The maximum Gasteiger partial charge on any atom is 0.102 e. The molecule has 118 valence electrons. The van der Waals surface area contributed by atoms with Gasteiger partial charge in [0.1, 0.15) is 6.10 Å². The number of rotatable bonds is 0. The van der Waals surface area contributed by atoms with Crippen LogP contribution >= 0.6 is 0 Å². The Morgan fingerprint density at radius 2 is 1.81 bits per heavy atom. The molecule has 0 aliphatic heterocycles. The van der Waals surface area contributed by atoms with Gasteiger partial charge in [0.2, 0.25) is 0 Å². The molecule has 2 nitrogen and oxygen atoms in total. The van der Waals surface area contributed by atoms with Crippen molar-refractivity contribution in [3.05, 3.63) is 11.6 Å². The molecule has 4 aliphatic carbocycles. The molecule has 3 saturated carbocycles. The fourth-order valence-corrected chi connectivity index (χ4v) is 6.76. The van der Waals surface area contributed by atoms with Gasteiger partial charge in [-0.1, -0.05) is 26.3 Å². The van der Waals surface area contributed by atoms with Crippen LogP contribution in [0.4, 0.5) is 0 Å². The summed E-state index contributed by atoms with van der Waals surface area (Å²) in [7, 11) is 0. The molecular weight excluding hydrogens is 260 g/mol. The van der Waals surface area contributed by atoms with E-state index in [9.17, 15) is 10.2 Å². The van der Waals surface area contributed by atoms with Gasteiger partial charge in [0, 0.05) is 0 Å². The fraction of sp³-hybridized carbons (Fsp3) is 0.895. The van der Waals surface area contributed by atoms with E-state index in [0.29, 0.717) is 23.2 Å². The van der Waals surface area contributed by atoms with E-state index in [0.717, 1.165) is 6.42 Å². The molecule has 0 radical (unpaired) electrons. The van der Waals surface area contributed by atoms with Crippen LogP contribution in [0.2, 0.25) is 0 Å². The summed E-state index contributed by atoms with van der Waals surface area (Å²) >= 11 is 0. The average Bonchev–Trinajstić information content (AvgIpc) is 2.86. The molecule has 4 aliphatic rings. The Balaban J connectivity index is 1.77. The van der Waals surface area contributed by atoms with Crippen LogP contribution in [0.25, 0.3) is 0 Å². The number of aliphatic hydroxyl groups excluding tert-OH is 2. The molecule has 3 fully saturated rings. The maximum absolute atomic E-state index is 10.9. The summed E-state index contributed by atoms with van der Waals surface area (Å²) in [4.78, 5) is 0. The lowest BCUT2D eigenvalue weighted by molar-refractivity contribution is -0.142. The molecular formula is C19H30O2. The molecule has 21 heavy (non-hydrogen) atoms. The second kappa shape index (κ2) is 4.58. The van der Waals surface area contributed by atoms with E-state index in [1.165, 1.54) is 50.5 Å². The zero-order valence-corrected chi connectivity index (χ0v) is 13.5. The lowest BCUT2D eigenvalue weighted by atomic mass is 9.46. The van der Waals surface area contributed by atoms with E-state index < -0.39 is 12.2 Å². The smallest absolute Gasteiger partial charge is 0.102 e. The molecule has 0 aromatic heterocycles. The molecule has 0 aromatic carbocycles. The van der Waals surface area contributed by atoms with E-state index in [4.69, 9.17) is 0 Å². The van der Waals surface area contributed by atoms with E-state index in [2.05, 4.69) is 19.9 Å². The molecule has 4 rings (SSSR count). The van der Waals surface area contributed by atoms with Crippen molar-refractivity contribution < 1.29 is 10.2 Å². The van der Waals surface area contributed by atoms with Crippen LogP contribution in [0.3, 0.4) is 0 Å². The van der Waals surface area contributed by atoms with Gasteiger partial charge in [0.15, 0.2) is 0 Å². The van der Waals surface area contributed by atoms with Crippen LogP contribution < -0.4 is 0 Å². The summed E-state index contributed by atoms with van der Waals surface area (Å²) in [5.41, 5.74) is 1.74. The number of hydrogen-bond acceptors (Lipinski definition) is 2. The molecule has 2 N–H and O–H groups in total. The molecule has 0 amide bonds. The second-order valence-corrected chi connectivity index (χ2v) is 8.78. The summed E-state index contributed by atoms with van der Waals surface area (Å²) in [6.45, 7) is 4.82. The van der Waals surface area contributed by atoms with Gasteiger partial charge in [-0.3, -0.25) is 0 Å². The van der Waals surface area contributed by atoms with Crippen LogP contribution in [0, 0.1) is 28.6 Å². The van der Waals surface area contributed by atoms with Crippen LogP contribution in [0.5, 0.6) is 0 Å². The second-order valence-electron chi connectivity index (χ2n) is 8.78. The first-order valence-electron chi connectivity index (χ1n) is 9.04. The van der Waals surface area contributed by atoms with Crippen LogP contribution in [0.15, 0.2) is 11.6 Å². The Labute approximate surface area is 128 Å². The van der Waals surface area contributed by atoms with Crippen molar-refractivity contribution in [2.24, 2.45) is 28.6 Å². The SMILES string of the molecule is C[C@@]12CCC[C@H]1[C@@H]1[C@@H](O)[C@@H](O)C3=CCCC[C@]3(C)[C@H]1CC2. The monoisotopic (exact) mass is 290 g/mol. The van der Waals surface area contributed by atoms with Crippen molar-refractivity contribution in [3.8, 4) is 0 Å². The molecule has 2 heteroatoms. The van der Waals surface area contributed by atoms with E-state index in [-0.39, 0.29) is 5.41 Å². The summed E-state index contributed by atoms with van der Waals surface area (Å²) in [5, 5.41) is 21.7. The Bertz CT molecular complexity index is 470. The third-order valence-corrected chi connectivity index (χ3v) is 7.89. The highest BCUT2D eigenvalue weighted by molar-refractivity contribution is 5.29. The minimum absolute atomic E-state index is 0.144. The number of hydrogen-bond donors (Lipinski definition) is 2. The lowest BCUT2D eigenvalue weighted by Gasteiger charge is -2.60. The molecule has 7 atom stereocenters. The van der Waals surface area contributed by atoms with Gasteiger partial charge in [-0.2, -0.15) is 0 Å². The molecule has 0 unspecified atom stereocenters. The van der Waals surface area contributed by atoms with Gasteiger partial charge >= 0.3 is 0 Å². The van der Waals surface area contributed by atoms with Gasteiger partial charge in [0.05, 0.1) is 6.10 Å². The predicted octanol–water partition coefficient (Wildman–Crippen LogP) is 3.67. The summed E-state index contributed by atoms with van der Waals surface area (Å²) in [6.07, 6.45) is 11.1. The topological polar surface area (TPSA) is 40.5 Å². The Morgan fingerprint density at radius 3 is 2.62 bits per heavy atom. The van der Waals surface area contributed by atoms with Gasteiger partial charge in [0.25, 0.3) is 0 Å². The minimum atomic E-state index is -0.612. The molecule has 0 spiro atoms. The van der Waals surface area contributed by atoms with Crippen molar-refractivity contribution >= 4 is 0 Å². The lowest BCUT2D eigenvalue weighted by Crippen LogP contribution is -2.59. The Hall–Kier alpha value is -0.340. The zero-order chi connectivity index (χ0) is 14.8. The number of aliphatic hydroxyl groups is 2. The van der Waals surface area contributed by atoms with Crippen molar-refractivity contribution in [2.45, 2.75) is 77.4 Å². The highest BCUT2D eigenvalue weighted by Gasteiger charge is 2.60. The largest absolute Gasteiger partial charge is 0.390 e. The van der Waals surface area contributed by atoms with Gasteiger partial charge in [-0.05, 0) is 79.1 Å². The Kier molecular flexibility index (Phi) is 3.11. The van der Waals surface area contributed by atoms with E-state index in [1.54, 1.807) is 0 Å². The standard InChI is InChI=1S/C19H30O2/c1-18-9-5-7-12(18)15-13(8-11-18)19(2)10-4-3-6-14(19)16(20)17(15)21/h6,12-13,15-17,20-21H,3-5,7-11H2,1-2H3/t12-,13-,15-,16-,17+,18-,19+/m0/s1. The van der Waals surface area contributed by atoms with Gasteiger partial charge in [-0.15, -0.1) is 0 Å². The molecule has 0 bridgehead atoms. The van der Waals surface area contributed by atoms with Crippen molar-refractivity contribution in [1.82, 2.24) is 0 Å². The van der Waals surface area contributed by atoms with Crippen molar-refractivity contribution in [3.63, 3.8) is 0 Å². The normalized spacial score (nSPS) is 56.2. The first-order chi connectivity index (χ1) is 9.97. The van der Waals surface area contributed by atoms with Crippen LogP contribution in [-0.2, 0) is 0 Å². The zero-order valence-electron chi connectivity index (χ0n) is 13.5. The first-order valence-corrected chi connectivity index (χ1v) is 9.04. The molecule has 0 aromatic rings. The minimum Gasteiger partial charge on any atom is -0.390 e. The third kappa shape index (κ3) is 1.78. The quantitative estimate of drug-likeness (QED) is 0.668. The first kappa shape index (κ1) is 14.3. The summed E-state index contributed by atoms with van der Waals surface area (Å²) < 4.78 is 0. The van der Waals surface area contributed by atoms with E-state index >= 15 is 0 Å².